The lowest BCUT2D eigenvalue weighted by Gasteiger charge is -2.33. The number of carbonyl (C=O) groups is 1. The molecule has 144 valence electrons. The van der Waals surface area contributed by atoms with Gasteiger partial charge in [-0.3, -0.25) is 9.59 Å². The summed E-state index contributed by atoms with van der Waals surface area (Å²) in [5.74, 6) is 0.976. The maximum Gasteiger partial charge on any atom is 0.266 e. The number of aryl methyl sites for hydroxylation is 2. The summed E-state index contributed by atoms with van der Waals surface area (Å²) in [7, 11) is 1.60. The molecule has 28 heavy (non-hydrogen) atoms. The second-order valence-corrected chi connectivity index (χ2v) is 6.95. The summed E-state index contributed by atoms with van der Waals surface area (Å²) >= 11 is 0. The number of piperidine rings is 1. The second-order valence-electron chi connectivity index (χ2n) is 6.95. The van der Waals surface area contributed by atoms with Gasteiger partial charge < -0.3 is 9.42 Å². The zero-order chi connectivity index (χ0) is 19.7. The molecule has 1 aliphatic heterocycles. The Morgan fingerprint density at radius 3 is 2.82 bits per heavy atom. The highest BCUT2D eigenvalue weighted by Gasteiger charge is 2.32. The van der Waals surface area contributed by atoms with Crippen molar-refractivity contribution in [1.82, 2.24) is 24.8 Å². The van der Waals surface area contributed by atoms with E-state index in [4.69, 9.17) is 4.52 Å². The van der Waals surface area contributed by atoms with Crippen molar-refractivity contribution in [2.45, 2.75) is 32.2 Å². The molecule has 1 aromatic carbocycles. The van der Waals surface area contributed by atoms with E-state index < -0.39 is 0 Å². The van der Waals surface area contributed by atoms with Crippen LogP contribution in [-0.2, 0) is 7.05 Å². The molecule has 8 heteroatoms. The average molecular weight is 379 g/mol. The quantitative estimate of drug-likeness (QED) is 0.694. The third kappa shape index (κ3) is 3.45. The van der Waals surface area contributed by atoms with E-state index >= 15 is 0 Å². The van der Waals surface area contributed by atoms with Gasteiger partial charge in [0.15, 0.2) is 5.82 Å². The molecule has 1 unspecified atom stereocenters. The van der Waals surface area contributed by atoms with Crippen LogP contribution in [0.4, 0.5) is 0 Å². The predicted molar refractivity (Wildman–Crippen MR) is 102 cm³/mol. The molecule has 1 atom stereocenters. The normalized spacial score (nSPS) is 16.9. The molecule has 1 aliphatic rings. The van der Waals surface area contributed by atoms with Gasteiger partial charge in [0.2, 0.25) is 5.89 Å². The number of benzene rings is 1. The van der Waals surface area contributed by atoms with Crippen molar-refractivity contribution >= 4 is 5.91 Å². The number of hydrogen-bond acceptors (Lipinski definition) is 6. The van der Waals surface area contributed by atoms with Crippen LogP contribution in [0.15, 0.2) is 45.7 Å². The van der Waals surface area contributed by atoms with E-state index in [0.717, 1.165) is 24.8 Å². The first kappa shape index (κ1) is 18.1. The van der Waals surface area contributed by atoms with Gasteiger partial charge in [-0.2, -0.15) is 10.1 Å². The van der Waals surface area contributed by atoms with E-state index in [0.29, 0.717) is 29.5 Å². The van der Waals surface area contributed by atoms with Gasteiger partial charge in [0, 0.05) is 30.8 Å². The zero-order valence-corrected chi connectivity index (χ0v) is 15.8. The fraction of sp³-hybridized carbons (Fsp3) is 0.350. The zero-order valence-electron chi connectivity index (χ0n) is 15.8. The fourth-order valence-corrected chi connectivity index (χ4v) is 3.51. The largest absolute Gasteiger partial charge is 0.337 e. The fourth-order valence-electron chi connectivity index (χ4n) is 3.51. The number of hydrogen-bond donors (Lipinski definition) is 0. The number of aromatic nitrogens is 4. The summed E-state index contributed by atoms with van der Waals surface area (Å²) in [6.45, 7) is 2.42. The standard InChI is InChI=1S/C20H21N5O3/c1-13-21-19(28-23-13)17-8-3-4-11-25(17)20(27)15-7-5-6-14(12-15)16-9-10-18(26)24(2)22-16/h5-7,9-10,12,17H,3-4,8,11H2,1-2H3. The molecule has 2 aromatic heterocycles. The van der Waals surface area contributed by atoms with Crippen LogP contribution in [0.25, 0.3) is 11.3 Å². The average Bonchev–Trinajstić information content (AvgIpc) is 3.16. The lowest BCUT2D eigenvalue weighted by Crippen LogP contribution is -2.38. The van der Waals surface area contributed by atoms with E-state index in [1.807, 2.05) is 17.0 Å². The smallest absolute Gasteiger partial charge is 0.266 e. The van der Waals surface area contributed by atoms with E-state index in [2.05, 4.69) is 15.2 Å². The molecular weight excluding hydrogens is 358 g/mol. The summed E-state index contributed by atoms with van der Waals surface area (Å²) in [5, 5.41) is 8.13. The Labute approximate surface area is 161 Å². The number of rotatable bonds is 3. The van der Waals surface area contributed by atoms with Gasteiger partial charge in [-0.1, -0.05) is 17.3 Å². The molecule has 1 fully saturated rings. The number of likely N-dealkylation sites (tertiary alicyclic amines) is 1. The predicted octanol–water partition coefficient (Wildman–Crippen LogP) is 2.51. The summed E-state index contributed by atoms with van der Waals surface area (Å²) in [4.78, 5) is 31.0. The van der Waals surface area contributed by atoms with E-state index in [1.54, 1.807) is 32.2 Å². The maximum absolute atomic E-state index is 13.3. The topological polar surface area (TPSA) is 94.1 Å². The summed E-state index contributed by atoms with van der Waals surface area (Å²) in [6, 6.07) is 10.2. The first-order valence-electron chi connectivity index (χ1n) is 9.29. The van der Waals surface area contributed by atoms with Crippen LogP contribution in [0, 0.1) is 6.92 Å². The number of amides is 1. The molecule has 1 amide bonds. The van der Waals surface area contributed by atoms with Gasteiger partial charge in [-0.15, -0.1) is 0 Å². The van der Waals surface area contributed by atoms with Crippen molar-refractivity contribution in [3.8, 4) is 11.3 Å². The van der Waals surface area contributed by atoms with Crippen molar-refractivity contribution in [2.24, 2.45) is 7.05 Å². The Hall–Kier alpha value is -3.29. The Morgan fingerprint density at radius 1 is 1.21 bits per heavy atom. The molecule has 0 radical (unpaired) electrons. The minimum Gasteiger partial charge on any atom is -0.337 e. The van der Waals surface area contributed by atoms with E-state index in [1.165, 1.54) is 10.7 Å². The first-order valence-corrected chi connectivity index (χ1v) is 9.29. The van der Waals surface area contributed by atoms with Crippen LogP contribution in [0.5, 0.6) is 0 Å². The minimum atomic E-state index is -0.207. The van der Waals surface area contributed by atoms with Gasteiger partial charge in [0.05, 0.1) is 5.69 Å². The van der Waals surface area contributed by atoms with Gasteiger partial charge in [0.25, 0.3) is 11.5 Å². The van der Waals surface area contributed by atoms with Crippen LogP contribution < -0.4 is 5.56 Å². The van der Waals surface area contributed by atoms with Gasteiger partial charge in [0.1, 0.15) is 6.04 Å². The third-order valence-corrected chi connectivity index (χ3v) is 4.96. The lowest BCUT2D eigenvalue weighted by molar-refractivity contribution is 0.0561. The van der Waals surface area contributed by atoms with Crippen molar-refractivity contribution in [1.29, 1.82) is 0 Å². The van der Waals surface area contributed by atoms with E-state index in [9.17, 15) is 9.59 Å². The van der Waals surface area contributed by atoms with Crippen molar-refractivity contribution < 1.29 is 9.32 Å². The highest BCUT2D eigenvalue weighted by atomic mass is 16.5. The first-order chi connectivity index (χ1) is 13.5. The van der Waals surface area contributed by atoms with Crippen LogP contribution in [0.2, 0.25) is 0 Å². The molecule has 0 N–H and O–H groups in total. The Kier molecular flexibility index (Phi) is 4.77. The third-order valence-electron chi connectivity index (χ3n) is 4.96. The van der Waals surface area contributed by atoms with Crippen LogP contribution in [-0.4, -0.2) is 37.3 Å². The Morgan fingerprint density at radius 2 is 2.07 bits per heavy atom. The lowest BCUT2D eigenvalue weighted by atomic mass is 9.99. The van der Waals surface area contributed by atoms with Crippen LogP contribution in [0.1, 0.15) is 47.4 Å². The highest BCUT2D eigenvalue weighted by Crippen LogP contribution is 2.31. The van der Waals surface area contributed by atoms with Crippen molar-refractivity contribution in [3.63, 3.8) is 0 Å². The number of carbonyl (C=O) groups excluding carboxylic acids is 1. The monoisotopic (exact) mass is 379 g/mol. The minimum absolute atomic E-state index is 0.0766. The maximum atomic E-state index is 13.3. The van der Waals surface area contributed by atoms with Crippen molar-refractivity contribution in [3.05, 3.63) is 64.0 Å². The van der Waals surface area contributed by atoms with Gasteiger partial charge >= 0.3 is 0 Å². The molecule has 0 spiro atoms. The van der Waals surface area contributed by atoms with Gasteiger partial charge in [-0.25, -0.2) is 4.68 Å². The summed E-state index contributed by atoms with van der Waals surface area (Å²) < 4.78 is 6.62. The molecule has 0 aliphatic carbocycles. The SMILES string of the molecule is Cc1noc(C2CCCCN2C(=O)c2cccc(-c3ccc(=O)n(C)n3)c2)n1. The molecule has 3 heterocycles. The molecular formula is C20H21N5O3. The van der Waals surface area contributed by atoms with Crippen molar-refractivity contribution in [2.75, 3.05) is 6.54 Å². The molecule has 0 saturated carbocycles. The highest BCUT2D eigenvalue weighted by molar-refractivity contribution is 5.95. The van der Waals surface area contributed by atoms with Crippen LogP contribution in [0.3, 0.4) is 0 Å². The molecule has 1 saturated heterocycles. The summed E-state index contributed by atoms with van der Waals surface area (Å²) in [6.07, 6.45) is 2.75. The molecule has 3 aromatic rings. The Balaban J connectivity index is 1.65. The Bertz CT molecular complexity index is 1070. The summed E-state index contributed by atoms with van der Waals surface area (Å²) in [5.41, 5.74) is 1.81. The molecule has 4 rings (SSSR count). The number of nitrogens with zero attached hydrogens (tertiary/aromatic N) is 5. The van der Waals surface area contributed by atoms with E-state index in [-0.39, 0.29) is 17.5 Å². The van der Waals surface area contributed by atoms with Gasteiger partial charge in [-0.05, 0) is 44.4 Å². The molecule has 0 bridgehead atoms. The van der Waals surface area contributed by atoms with Crippen LogP contribution >= 0.6 is 0 Å². The molecule has 8 nitrogen and oxygen atoms in total. The second kappa shape index (κ2) is 7.38.